The van der Waals surface area contributed by atoms with Crippen LogP contribution >= 0.6 is 0 Å². The minimum absolute atomic E-state index is 0.0510. The number of anilines is 1. The van der Waals surface area contributed by atoms with Crippen molar-refractivity contribution in [3.05, 3.63) is 48.3 Å². The predicted octanol–water partition coefficient (Wildman–Crippen LogP) is 1.72. The molecule has 0 bridgehead atoms. The summed E-state index contributed by atoms with van der Waals surface area (Å²) in [5.41, 5.74) is 1.20. The molecule has 0 spiro atoms. The number of benzene rings is 1. The van der Waals surface area contributed by atoms with Crippen LogP contribution < -0.4 is 5.32 Å². The second kappa shape index (κ2) is 4.96. The van der Waals surface area contributed by atoms with Crippen LogP contribution in [-0.4, -0.2) is 25.9 Å². The molecule has 2 heterocycles. The Hall–Kier alpha value is -2.96. The third-order valence-corrected chi connectivity index (χ3v) is 2.72. The van der Waals surface area contributed by atoms with Crippen molar-refractivity contribution in [2.45, 2.75) is 0 Å². The number of nitrogens with one attached hydrogen (secondary N) is 1. The molecule has 0 radical (unpaired) electrons. The Balaban J connectivity index is 1.78. The van der Waals surface area contributed by atoms with Crippen LogP contribution in [0, 0.1) is 0 Å². The summed E-state index contributed by atoms with van der Waals surface area (Å²) in [4.78, 5) is 11.9. The van der Waals surface area contributed by atoms with Gasteiger partial charge in [-0.2, -0.15) is 5.10 Å². The molecule has 3 rings (SSSR count). The van der Waals surface area contributed by atoms with Gasteiger partial charge in [-0.25, -0.2) is 0 Å². The SMILES string of the molecule is Cn1nccc1C(=O)Nc1nnc(-c2ccccc2)o1. The van der Waals surface area contributed by atoms with Crippen LogP contribution in [0.5, 0.6) is 0 Å². The summed E-state index contributed by atoms with van der Waals surface area (Å²) in [7, 11) is 1.68. The molecule has 0 aliphatic carbocycles. The first-order chi connectivity index (χ1) is 9.74. The lowest BCUT2D eigenvalue weighted by Crippen LogP contribution is -2.16. The van der Waals surface area contributed by atoms with Crippen molar-refractivity contribution < 1.29 is 9.21 Å². The largest absolute Gasteiger partial charge is 0.403 e. The van der Waals surface area contributed by atoms with Gasteiger partial charge in [-0.05, 0) is 18.2 Å². The van der Waals surface area contributed by atoms with Crippen LogP contribution in [0.25, 0.3) is 11.5 Å². The Morgan fingerprint density at radius 2 is 2.00 bits per heavy atom. The van der Waals surface area contributed by atoms with Crippen molar-refractivity contribution in [2.24, 2.45) is 7.05 Å². The van der Waals surface area contributed by atoms with Gasteiger partial charge in [0.2, 0.25) is 5.89 Å². The Kier molecular flexibility index (Phi) is 3.00. The van der Waals surface area contributed by atoms with Crippen molar-refractivity contribution in [3.63, 3.8) is 0 Å². The highest BCUT2D eigenvalue weighted by molar-refractivity contribution is 6.01. The predicted molar refractivity (Wildman–Crippen MR) is 70.9 cm³/mol. The summed E-state index contributed by atoms with van der Waals surface area (Å²) in [6, 6.07) is 11.0. The average molecular weight is 269 g/mol. The number of hydrogen-bond acceptors (Lipinski definition) is 5. The monoisotopic (exact) mass is 269 g/mol. The van der Waals surface area contributed by atoms with Gasteiger partial charge < -0.3 is 4.42 Å². The first-order valence-corrected chi connectivity index (χ1v) is 5.92. The first-order valence-electron chi connectivity index (χ1n) is 5.92. The molecule has 0 saturated heterocycles. The van der Waals surface area contributed by atoms with Gasteiger partial charge in [0.15, 0.2) is 0 Å². The summed E-state index contributed by atoms with van der Waals surface area (Å²) >= 11 is 0. The van der Waals surface area contributed by atoms with E-state index in [9.17, 15) is 4.79 Å². The van der Waals surface area contributed by atoms with Crippen LogP contribution in [0.15, 0.2) is 47.0 Å². The Morgan fingerprint density at radius 3 is 2.70 bits per heavy atom. The molecule has 7 heteroatoms. The summed E-state index contributed by atoms with van der Waals surface area (Å²) in [5.74, 6) is -0.000771. The number of aryl methyl sites for hydroxylation is 1. The molecule has 0 atom stereocenters. The van der Waals surface area contributed by atoms with Gasteiger partial charge in [0, 0.05) is 18.8 Å². The van der Waals surface area contributed by atoms with E-state index < -0.39 is 0 Å². The molecule has 0 aliphatic rings. The van der Waals surface area contributed by atoms with Crippen molar-refractivity contribution >= 4 is 11.9 Å². The zero-order chi connectivity index (χ0) is 13.9. The maximum Gasteiger partial charge on any atom is 0.322 e. The minimum Gasteiger partial charge on any atom is -0.403 e. The Labute approximate surface area is 114 Å². The smallest absolute Gasteiger partial charge is 0.322 e. The molecule has 0 saturated carbocycles. The number of nitrogens with zero attached hydrogens (tertiary/aromatic N) is 4. The Morgan fingerprint density at radius 1 is 1.20 bits per heavy atom. The zero-order valence-corrected chi connectivity index (χ0v) is 10.6. The molecule has 0 unspecified atom stereocenters. The quantitative estimate of drug-likeness (QED) is 0.782. The maximum absolute atomic E-state index is 11.9. The number of carbonyl (C=O) groups is 1. The Bertz CT molecular complexity index is 732. The molecular weight excluding hydrogens is 258 g/mol. The second-order valence-corrected chi connectivity index (χ2v) is 4.07. The molecule has 1 N–H and O–H groups in total. The number of carbonyl (C=O) groups excluding carboxylic acids is 1. The van der Waals surface area contributed by atoms with Crippen molar-refractivity contribution in [2.75, 3.05) is 5.32 Å². The van der Waals surface area contributed by atoms with Gasteiger partial charge in [0.25, 0.3) is 5.91 Å². The lowest BCUT2D eigenvalue weighted by atomic mass is 10.2. The highest BCUT2D eigenvalue weighted by Gasteiger charge is 2.14. The average Bonchev–Trinajstić information content (AvgIpc) is 3.09. The van der Waals surface area contributed by atoms with Gasteiger partial charge in [0.05, 0.1) is 0 Å². The van der Waals surface area contributed by atoms with E-state index in [-0.39, 0.29) is 11.9 Å². The van der Waals surface area contributed by atoms with E-state index in [4.69, 9.17) is 4.42 Å². The van der Waals surface area contributed by atoms with E-state index in [2.05, 4.69) is 20.6 Å². The standard InChI is InChI=1S/C13H11N5O2/c1-18-10(7-8-14-18)11(19)15-13-17-16-12(20-13)9-5-3-2-4-6-9/h2-8H,1H3,(H,15,17,19). The lowest BCUT2D eigenvalue weighted by Gasteiger charge is -2.00. The van der Waals surface area contributed by atoms with Crippen molar-refractivity contribution in [3.8, 4) is 11.5 Å². The summed E-state index contributed by atoms with van der Waals surface area (Å²) < 4.78 is 6.86. The fraction of sp³-hybridized carbons (Fsp3) is 0.0769. The lowest BCUT2D eigenvalue weighted by molar-refractivity contribution is 0.101. The molecule has 1 aromatic carbocycles. The molecular formula is C13H11N5O2. The van der Waals surface area contributed by atoms with Crippen molar-refractivity contribution in [1.29, 1.82) is 0 Å². The molecule has 100 valence electrons. The molecule has 1 amide bonds. The van der Waals surface area contributed by atoms with Crippen molar-refractivity contribution in [1.82, 2.24) is 20.0 Å². The summed E-state index contributed by atoms with van der Waals surface area (Å²) in [6.45, 7) is 0. The maximum atomic E-state index is 11.9. The molecule has 0 aliphatic heterocycles. The topological polar surface area (TPSA) is 85.8 Å². The van der Waals surface area contributed by atoms with E-state index >= 15 is 0 Å². The van der Waals surface area contributed by atoms with E-state index in [0.29, 0.717) is 11.6 Å². The van der Waals surface area contributed by atoms with Crippen LogP contribution in [0.4, 0.5) is 6.01 Å². The fourth-order valence-corrected chi connectivity index (χ4v) is 1.73. The van der Waals surface area contributed by atoms with Gasteiger partial charge in [-0.3, -0.25) is 14.8 Å². The molecule has 2 aromatic heterocycles. The molecule has 20 heavy (non-hydrogen) atoms. The van der Waals surface area contributed by atoms with Gasteiger partial charge in [-0.15, -0.1) is 5.10 Å². The van der Waals surface area contributed by atoms with Crippen LogP contribution in [0.1, 0.15) is 10.5 Å². The van der Waals surface area contributed by atoms with Gasteiger partial charge in [-0.1, -0.05) is 23.3 Å². The van der Waals surface area contributed by atoms with Gasteiger partial charge >= 0.3 is 6.01 Å². The highest BCUT2D eigenvalue weighted by atomic mass is 16.4. The normalized spacial score (nSPS) is 10.4. The zero-order valence-electron chi connectivity index (χ0n) is 10.6. The van der Waals surface area contributed by atoms with E-state index in [0.717, 1.165) is 5.56 Å². The molecule has 3 aromatic rings. The van der Waals surface area contributed by atoms with Crippen LogP contribution in [0.3, 0.4) is 0 Å². The highest BCUT2D eigenvalue weighted by Crippen LogP contribution is 2.19. The third kappa shape index (κ3) is 2.28. The summed E-state index contributed by atoms with van der Waals surface area (Å²) in [6.07, 6.45) is 1.54. The molecule has 7 nitrogen and oxygen atoms in total. The van der Waals surface area contributed by atoms with Crippen LogP contribution in [-0.2, 0) is 7.05 Å². The number of rotatable bonds is 3. The number of amides is 1. The summed E-state index contributed by atoms with van der Waals surface area (Å²) in [5, 5.41) is 14.1. The minimum atomic E-state index is -0.353. The van der Waals surface area contributed by atoms with E-state index in [1.807, 2.05) is 30.3 Å². The number of aromatic nitrogens is 4. The first kappa shape index (κ1) is 12.1. The van der Waals surface area contributed by atoms with E-state index in [1.54, 1.807) is 13.1 Å². The van der Waals surface area contributed by atoms with Crippen LogP contribution in [0.2, 0.25) is 0 Å². The third-order valence-electron chi connectivity index (χ3n) is 2.72. The number of hydrogen-bond donors (Lipinski definition) is 1. The van der Waals surface area contributed by atoms with Gasteiger partial charge in [0.1, 0.15) is 5.69 Å². The van der Waals surface area contributed by atoms with E-state index in [1.165, 1.54) is 10.9 Å². The molecule has 0 fully saturated rings. The fourth-order valence-electron chi connectivity index (χ4n) is 1.73. The second-order valence-electron chi connectivity index (χ2n) is 4.07.